The van der Waals surface area contributed by atoms with Gasteiger partial charge < -0.3 is 4.42 Å². The van der Waals surface area contributed by atoms with E-state index in [4.69, 9.17) is 4.42 Å². The summed E-state index contributed by atoms with van der Waals surface area (Å²) in [5.41, 5.74) is 1.40. The van der Waals surface area contributed by atoms with E-state index in [0.717, 1.165) is 5.56 Å². The Morgan fingerprint density at radius 1 is 1.12 bits per heavy atom. The molecular formula is C13H8N2O2. The minimum atomic E-state index is -0.160. The molecule has 0 N–H and O–H groups in total. The van der Waals surface area contributed by atoms with Crippen molar-refractivity contribution in [3.63, 3.8) is 0 Å². The highest BCUT2D eigenvalue weighted by molar-refractivity contribution is 5.73. The predicted octanol–water partition coefficient (Wildman–Crippen LogP) is 2.25. The number of hydrogen-bond acceptors (Lipinski definition) is 4. The fourth-order valence-corrected chi connectivity index (χ4v) is 1.66. The molecule has 0 unspecified atom stereocenters. The molecule has 0 spiro atoms. The maximum absolute atomic E-state index is 11.8. The molecule has 3 aromatic rings. The Morgan fingerprint density at radius 2 is 1.94 bits per heavy atom. The highest BCUT2D eigenvalue weighted by Crippen LogP contribution is 2.20. The van der Waals surface area contributed by atoms with Gasteiger partial charge in [0.1, 0.15) is 12.1 Å². The fourth-order valence-electron chi connectivity index (χ4n) is 1.66. The van der Waals surface area contributed by atoms with Gasteiger partial charge in [-0.1, -0.05) is 30.3 Å². The van der Waals surface area contributed by atoms with Crippen molar-refractivity contribution in [2.24, 2.45) is 0 Å². The normalized spacial score (nSPS) is 10.6. The van der Waals surface area contributed by atoms with Crippen molar-refractivity contribution in [1.82, 2.24) is 9.97 Å². The monoisotopic (exact) mass is 224 g/mol. The second-order valence-corrected chi connectivity index (χ2v) is 3.58. The average Bonchev–Trinajstić information content (AvgIpc) is 2.40. The van der Waals surface area contributed by atoms with E-state index < -0.39 is 0 Å². The highest BCUT2D eigenvalue weighted by atomic mass is 16.3. The third-order valence-electron chi connectivity index (χ3n) is 2.45. The first kappa shape index (κ1) is 9.72. The lowest BCUT2D eigenvalue weighted by Crippen LogP contribution is -2.02. The Balaban J connectivity index is 2.30. The SMILES string of the molecule is O=c1cc(-c2ccccc2)oc2cncnc12. The lowest BCUT2D eigenvalue weighted by atomic mass is 10.1. The molecule has 0 atom stereocenters. The van der Waals surface area contributed by atoms with E-state index >= 15 is 0 Å². The molecule has 0 radical (unpaired) electrons. The Morgan fingerprint density at radius 3 is 2.76 bits per heavy atom. The van der Waals surface area contributed by atoms with Gasteiger partial charge in [-0.2, -0.15) is 0 Å². The molecule has 1 aromatic carbocycles. The number of benzene rings is 1. The van der Waals surface area contributed by atoms with Crippen LogP contribution in [-0.2, 0) is 0 Å². The summed E-state index contributed by atoms with van der Waals surface area (Å²) in [6.07, 6.45) is 2.83. The molecule has 4 nitrogen and oxygen atoms in total. The van der Waals surface area contributed by atoms with Gasteiger partial charge in [-0.15, -0.1) is 0 Å². The summed E-state index contributed by atoms with van der Waals surface area (Å²) in [6.45, 7) is 0. The maximum Gasteiger partial charge on any atom is 0.211 e. The molecule has 0 aliphatic heterocycles. The molecule has 17 heavy (non-hydrogen) atoms. The number of aromatic nitrogens is 2. The van der Waals surface area contributed by atoms with Crippen LogP contribution in [0.15, 0.2) is 58.1 Å². The highest BCUT2D eigenvalue weighted by Gasteiger charge is 2.06. The van der Waals surface area contributed by atoms with Gasteiger partial charge in [-0.3, -0.25) is 4.79 Å². The molecule has 0 bridgehead atoms. The van der Waals surface area contributed by atoms with E-state index in [1.165, 1.54) is 18.6 Å². The Bertz CT molecular complexity index is 720. The van der Waals surface area contributed by atoms with Gasteiger partial charge in [0.2, 0.25) is 5.43 Å². The van der Waals surface area contributed by atoms with Crippen molar-refractivity contribution in [2.75, 3.05) is 0 Å². The van der Waals surface area contributed by atoms with Gasteiger partial charge in [-0.25, -0.2) is 9.97 Å². The lowest BCUT2D eigenvalue weighted by molar-refractivity contribution is 0.615. The van der Waals surface area contributed by atoms with Crippen molar-refractivity contribution < 1.29 is 4.42 Å². The van der Waals surface area contributed by atoms with Gasteiger partial charge in [0.15, 0.2) is 11.1 Å². The van der Waals surface area contributed by atoms with Crippen molar-refractivity contribution in [2.45, 2.75) is 0 Å². The topological polar surface area (TPSA) is 56.0 Å². The van der Waals surface area contributed by atoms with Crippen LogP contribution in [0.5, 0.6) is 0 Å². The maximum atomic E-state index is 11.8. The van der Waals surface area contributed by atoms with Crippen molar-refractivity contribution >= 4 is 11.1 Å². The summed E-state index contributed by atoms with van der Waals surface area (Å²) < 4.78 is 5.60. The van der Waals surface area contributed by atoms with Gasteiger partial charge in [0.25, 0.3) is 0 Å². The molecule has 3 rings (SSSR count). The molecule has 0 saturated heterocycles. The van der Waals surface area contributed by atoms with Crippen LogP contribution in [0.3, 0.4) is 0 Å². The van der Waals surface area contributed by atoms with Crippen LogP contribution in [0.25, 0.3) is 22.4 Å². The third-order valence-corrected chi connectivity index (χ3v) is 2.45. The van der Waals surface area contributed by atoms with Gasteiger partial charge >= 0.3 is 0 Å². The first-order valence-electron chi connectivity index (χ1n) is 5.14. The van der Waals surface area contributed by atoms with Crippen LogP contribution in [0, 0.1) is 0 Å². The van der Waals surface area contributed by atoms with E-state index in [9.17, 15) is 4.79 Å². The van der Waals surface area contributed by atoms with Crippen molar-refractivity contribution in [1.29, 1.82) is 0 Å². The quantitative estimate of drug-likeness (QED) is 0.636. The molecule has 2 aromatic heterocycles. The van der Waals surface area contributed by atoms with Gasteiger partial charge in [0, 0.05) is 11.6 Å². The first-order chi connectivity index (χ1) is 8.34. The average molecular weight is 224 g/mol. The van der Waals surface area contributed by atoms with Crippen LogP contribution in [0.4, 0.5) is 0 Å². The van der Waals surface area contributed by atoms with Crippen LogP contribution in [0.1, 0.15) is 0 Å². The van der Waals surface area contributed by atoms with Crippen LogP contribution >= 0.6 is 0 Å². The fraction of sp³-hybridized carbons (Fsp3) is 0. The van der Waals surface area contributed by atoms with E-state index in [1.54, 1.807) is 0 Å². The second kappa shape index (κ2) is 3.83. The van der Waals surface area contributed by atoms with Gasteiger partial charge in [-0.05, 0) is 0 Å². The van der Waals surface area contributed by atoms with Crippen LogP contribution < -0.4 is 5.43 Å². The summed E-state index contributed by atoms with van der Waals surface area (Å²) in [5.74, 6) is 0.526. The minimum absolute atomic E-state index is 0.160. The number of rotatable bonds is 1. The van der Waals surface area contributed by atoms with Gasteiger partial charge in [0.05, 0.1) is 6.20 Å². The predicted molar refractivity (Wildman–Crippen MR) is 63.5 cm³/mol. The standard InChI is InChI=1S/C13H8N2O2/c16-10-6-11(9-4-2-1-3-5-9)17-12-7-14-8-15-13(10)12/h1-8H. The number of nitrogens with zero attached hydrogens (tertiary/aromatic N) is 2. The molecule has 82 valence electrons. The molecule has 4 heteroatoms. The molecule has 0 saturated carbocycles. The van der Waals surface area contributed by atoms with Crippen molar-refractivity contribution in [3.05, 3.63) is 59.1 Å². The number of hydrogen-bond donors (Lipinski definition) is 0. The Hall–Kier alpha value is -2.49. The van der Waals surface area contributed by atoms with Crippen LogP contribution in [0.2, 0.25) is 0 Å². The molecule has 0 fully saturated rings. The first-order valence-corrected chi connectivity index (χ1v) is 5.14. The molecule has 0 amide bonds. The van der Waals surface area contributed by atoms with E-state index in [1.807, 2.05) is 30.3 Å². The van der Waals surface area contributed by atoms with E-state index in [-0.39, 0.29) is 5.43 Å². The van der Waals surface area contributed by atoms with Crippen LogP contribution in [-0.4, -0.2) is 9.97 Å². The van der Waals surface area contributed by atoms with E-state index in [0.29, 0.717) is 16.9 Å². The zero-order chi connectivity index (χ0) is 11.7. The lowest BCUT2D eigenvalue weighted by Gasteiger charge is -2.01. The summed E-state index contributed by atoms with van der Waals surface area (Å²) >= 11 is 0. The molecular weight excluding hydrogens is 216 g/mol. The minimum Gasteiger partial charge on any atom is -0.453 e. The molecule has 2 heterocycles. The summed E-state index contributed by atoms with van der Waals surface area (Å²) in [5, 5.41) is 0. The van der Waals surface area contributed by atoms with E-state index in [2.05, 4.69) is 9.97 Å². The summed E-state index contributed by atoms with van der Waals surface area (Å²) in [4.78, 5) is 19.6. The zero-order valence-corrected chi connectivity index (χ0v) is 8.83. The second-order valence-electron chi connectivity index (χ2n) is 3.58. The third kappa shape index (κ3) is 1.69. The smallest absolute Gasteiger partial charge is 0.211 e. The van der Waals surface area contributed by atoms with Crippen molar-refractivity contribution in [3.8, 4) is 11.3 Å². The summed E-state index contributed by atoms with van der Waals surface area (Å²) in [7, 11) is 0. The summed E-state index contributed by atoms with van der Waals surface area (Å²) in [6, 6.07) is 10.9. The Kier molecular flexibility index (Phi) is 2.19. The largest absolute Gasteiger partial charge is 0.453 e. The number of fused-ring (bicyclic) bond motifs is 1. The Labute approximate surface area is 96.6 Å². The molecule has 0 aliphatic carbocycles. The zero-order valence-electron chi connectivity index (χ0n) is 8.83. The molecule has 0 aliphatic rings.